The smallest absolute Gasteiger partial charge is 0.256 e. The number of nitrogens with zero attached hydrogens (tertiary/aromatic N) is 2. The molecular weight excluding hydrogens is 509 g/mol. The molecule has 1 N–H and O–H groups in total. The van der Waals surface area contributed by atoms with Crippen molar-refractivity contribution in [1.29, 1.82) is 0 Å². The third kappa shape index (κ3) is 4.81. The fraction of sp³-hybridized carbons (Fsp3) is 0.440. The van der Waals surface area contributed by atoms with E-state index in [9.17, 15) is 22.4 Å². The number of rotatable bonds is 5. The molecule has 11 heteroatoms. The Kier molecular flexibility index (Phi) is 6.69. The van der Waals surface area contributed by atoms with Crippen LogP contribution in [-0.2, 0) is 20.0 Å². The monoisotopic (exact) mass is 535 g/mol. The highest BCUT2D eigenvalue weighted by Gasteiger charge is 2.48. The SMILES string of the molecule is O=C(c1ccc(OCCN2CCC3(CC2)C(=O)Nc2ccc(Cl)cc23)cc1F)N1CCS(=O)(=O)CC1. The van der Waals surface area contributed by atoms with Gasteiger partial charge in [-0.2, -0.15) is 0 Å². The number of halogens is 2. The minimum absolute atomic E-state index is 0.0203. The van der Waals surface area contributed by atoms with Gasteiger partial charge in [0.05, 0.1) is 22.5 Å². The molecule has 8 nitrogen and oxygen atoms in total. The second-order valence-corrected chi connectivity index (χ2v) is 12.2. The third-order valence-electron chi connectivity index (χ3n) is 7.37. The van der Waals surface area contributed by atoms with Crippen LogP contribution in [0.1, 0.15) is 28.8 Å². The zero-order valence-electron chi connectivity index (χ0n) is 19.6. The number of amides is 2. The fourth-order valence-corrected chi connectivity index (χ4v) is 6.55. The number of nitrogens with one attached hydrogen (secondary N) is 1. The summed E-state index contributed by atoms with van der Waals surface area (Å²) in [7, 11) is -3.13. The lowest BCUT2D eigenvalue weighted by molar-refractivity contribution is -0.122. The molecule has 36 heavy (non-hydrogen) atoms. The van der Waals surface area contributed by atoms with Crippen LogP contribution >= 0.6 is 11.6 Å². The van der Waals surface area contributed by atoms with Gasteiger partial charge in [0.2, 0.25) is 5.91 Å². The van der Waals surface area contributed by atoms with Crippen molar-refractivity contribution in [1.82, 2.24) is 9.80 Å². The summed E-state index contributed by atoms with van der Waals surface area (Å²) in [6.45, 7) is 2.52. The first-order valence-electron chi connectivity index (χ1n) is 11.9. The largest absolute Gasteiger partial charge is 0.492 e. The summed E-state index contributed by atoms with van der Waals surface area (Å²) >= 11 is 6.18. The van der Waals surface area contributed by atoms with Crippen LogP contribution in [0.3, 0.4) is 0 Å². The van der Waals surface area contributed by atoms with Gasteiger partial charge in [-0.15, -0.1) is 0 Å². The number of anilines is 1. The van der Waals surface area contributed by atoms with E-state index in [-0.39, 0.29) is 36.1 Å². The van der Waals surface area contributed by atoms with E-state index in [0.29, 0.717) is 36.8 Å². The summed E-state index contributed by atoms with van der Waals surface area (Å²) in [4.78, 5) is 28.9. The van der Waals surface area contributed by atoms with Gasteiger partial charge in [0, 0.05) is 36.4 Å². The normalized spacial score (nSPS) is 20.7. The van der Waals surface area contributed by atoms with E-state index in [1.807, 2.05) is 12.1 Å². The van der Waals surface area contributed by atoms with Crippen molar-refractivity contribution in [3.63, 3.8) is 0 Å². The molecule has 0 saturated carbocycles. The van der Waals surface area contributed by atoms with Crippen molar-refractivity contribution in [3.05, 3.63) is 58.4 Å². The Hall–Kier alpha value is -2.69. The molecule has 2 amide bonds. The van der Waals surface area contributed by atoms with Gasteiger partial charge in [-0.05, 0) is 61.8 Å². The number of carbonyl (C=O) groups excluding carboxylic acids is 2. The highest BCUT2D eigenvalue weighted by Crippen LogP contribution is 2.45. The van der Waals surface area contributed by atoms with Crippen molar-refractivity contribution >= 4 is 38.9 Å². The molecule has 2 saturated heterocycles. The van der Waals surface area contributed by atoms with Gasteiger partial charge in [0.1, 0.15) is 18.2 Å². The molecule has 0 aliphatic carbocycles. The van der Waals surface area contributed by atoms with Crippen LogP contribution in [-0.4, -0.2) is 80.9 Å². The second kappa shape index (κ2) is 9.64. The molecule has 2 aromatic rings. The van der Waals surface area contributed by atoms with Gasteiger partial charge >= 0.3 is 0 Å². The van der Waals surface area contributed by atoms with Gasteiger partial charge in [-0.1, -0.05) is 11.6 Å². The van der Waals surface area contributed by atoms with Crippen LogP contribution in [0.4, 0.5) is 10.1 Å². The van der Waals surface area contributed by atoms with Crippen molar-refractivity contribution < 1.29 is 27.1 Å². The van der Waals surface area contributed by atoms with E-state index in [2.05, 4.69) is 10.2 Å². The average Bonchev–Trinajstić information content (AvgIpc) is 3.10. The Morgan fingerprint density at radius 3 is 2.50 bits per heavy atom. The maximum absolute atomic E-state index is 14.6. The van der Waals surface area contributed by atoms with E-state index in [1.165, 1.54) is 17.0 Å². The van der Waals surface area contributed by atoms with Crippen LogP contribution in [0.2, 0.25) is 5.02 Å². The molecule has 0 radical (unpaired) electrons. The predicted molar refractivity (Wildman–Crippen MR) is 134 cm³/mol. The van der Waals surface area contributed by atoms with Gasteiger partial charge < -0.3 is 15.0 Å². The topological polar surface area (TPSA) is 96.0 Å². The standard InChI is InChI=1S/C25H27ClFN3O5S/c26-17-1-4-22-20(15-17)25(24(32)28-22)5-7-29(8-6-25)9-12-35-18-2-3-19(21(27)16-18)23(31)30-10-13-36(33,34)14-11-30/h1-4,15-16H,5-14H2,(H,28,32). The number of benzene rings is 2. The van der Waals surface area contributed by atoms with Gasteiger partial charge in [0.25, 0.3) is 5.91 Å². The Morgan fingerprint density at radius 2 is 1.81 bits per heavy atom. The van der Waals surface area contributed by atoms with Crippen LogP contribution in [0.25, 0.3) is 0 Å². The number of hydrogen-bond acceptors (Lipinski definition) is 6. The predicted octanol–water partition coefficient (Wildman–Crippen LogP) is 2.71. The maximum atomic E-state index is 14.6. The van der Waals surface area contributed by atoms with Crippen molar-refractivity contribution in [2.75, 3.05) is 56.2 Å². The second-order valence-electron chi connectivity index (χ2n) is 9.50. The average molecular weight is 536 g/mol. The van der Waals surface area contributed by atoms with Gasteiger partial charge in [-0.25, -0.2) is 12.8 Å². The minimum atomic E-state index is -3.13. The van der Waals surface area contributed by atoms with Crippen LogP contribution in [0, 0.1) is 5.82 Å². The summed E-state index contributed by atoms with van der Waals surface area (Å²) in [5.41, 5.74) is 1.14. The van der Waals surface area contributed by atoms with E-state index in [4.69, 9.17) is 16.3 Å². The summed E-state index contributed by atoms with van der Waals surface area (Å²) in [6, 6.07) is 9.61. The highest BCUT2D eigenvalue weighted by molar-refractivity contribution is 7.91. The number of likely N-dealkylation sites (tertiary alicyclic amines) is 1. The molecule has 0 unspecified atom stereocenters. The lowest BCUT2D eigenvalue weighted by atomic mass is 9.73. The van der Waals surface area contributed by atoms with Crippen molar-refractivity contribution in [3.8, 4) is 5.75 Å². The molecule has 2 aromatic carbocycles. The molecule has 192 valence electrons. The van der Waals surface area contributed by atoms with Crippen LogP contribution < -0.4 is 10.1 Å². The van der Waals surface area contributed by atoms with E-state index in [0.717, 1.165) is 24.3 Å². The summed E-state index contributed by atoms with van der Waals surface area (Å²) in [5, 5.41) is 3.59. The number of piperidine rings is 1. The molecule has 0 aromatic heterocycles. The lowest BCUT2D eigenvalue weighted by Crippen LogP contribution is -2.47. The zero-order chi connectivity index (χ0) is 25.5. The van der Waals surface area contributed by atoms with Crippen LogP contribution in [0.5, 0.6) is 5.75 Å². The third-order valence-corrected chi connectivity index (χ3v) is 9.21. The number of fused-ring (bicyclic) bond motifs is 2. The summed E-state index contributed by atoms with van der Waals surface area (Å²) < 4.78 is 43.5. The Morgan fingerprint density at radius 1 is 1.08 bits per heavy atom. The van der Waals surface area contributed by atoms with Crippen molar-refractivity contribution in [2.24, 2.45) is 0 Å². The van der Waals surface area contributed by atoms with E-state index < -0.39 is 27.0 Å². The number of hydrogen-bond donors (Lipinski definition) is 1. The van der Waals surface area contributed by atoms with Crippen LogP contribution in [0.15, 0.2) is 36.4 Å². The molecular formula is C25H27ClFN3O5S. The van der Waals surface area contributed by atoms with Gasteiger partial charge in [-0.3, -0.25) is 14.5 Å². The molecule has 3 heterocycles. The zero-order valence-corrected chi connectivity index (χ0v) is 21.2. The van der Waals surface area contributed by atoms with Crippen molar-refractivity contribution in [2.45, 2.75) is 18.3 Å². The number of carbonyl (C=O) groups is 2. The fourth-order valence-electron chi connectivity index (χ4n) is 5.18. The molecule has 1 spiro atoms. The highest BCUT2D eigenvalue weighted by atomic mass is 35.5. The first-order valence-corrected chi connectivity index (χ1v) is 14.1. The van der Waals surface area contributed by atoms with Gasteiger partial charge in [0.15, 0.2) is 9.84 Å². The molecule has 3 aliphatic rings. The molecule has 5 rings (SSSR count). The Balaban J connectivity index is 1.13. The molecule has 2 fully saturated rings. The van der Waals surface area contributed by atoms with E-state index >= 15 is 0 Å². The molecule has 0 bridgehead atoms. The molecule has 3 aliphatic heterocycles. The number of ether oxygens (including phenoxy) is 1. The summed E-state index contributed by atoms with van der Waals surface area (Å²) in [5.74, 6) is -1.09. The Labute approximate surface area is 214 Å². The first kappa shape index (κ1) is 25.0. The quantitative estimate of drug-likeness (QED) is 0.632. The lowest BCUT2D eigenvalue weighted by Gasteiger charge is -2.38. The number of sulfone groups is 1. The van der Waals surface area contributed by atoms with E-state index in [1.54, 1.807) is 12.1 Å². The molecule has 0 atom stereocenters. The summed E-state index contributed by atoms with van der Waals surface area (Å²) in [6.07, 6.45) is 1.35. The first-order chi connectivity index (χ1) is 17.2. The maximum Gasteiger partial charge on any atom is 0.256 e. The Bertz CT molecular complexity index is 1300. The minimum Gasteiger partial charge on any atom is -0.492 e.